The number of carbonyl (C=O) groups is 1. The van der Waals surface area contributed by atoms with Gasteiger partial charge in [-0.05, 0) is 70.6 Å². The number of carbonyl (C=O) groups excluding carboxylic acids is 1. The second-order valence-corrected chi connectivity index (χ2v) is 20.8. The van der Waals surface area contributed by atoms with Crippen LogP contribution in [0.1, 0.15) is 284 Å². The van der Waals surface area contributed by atoms with Crippen molar-refractivity contribution in [2.75, 3.05) is 26.4 Å². The zero-order chi connectivity index (χ0) is 50.6. The van der Waals surface area contributed by atoms with Crippen LogP contribution >= 0.6 is 0 Å². The van der Waals surface area contributed by atoms with Crippen LogP contribution in [0.4, 0.5) is 0 Å². The van der Waals surface area contributed by atoms with Gasteiger partial charge in [-0.2, -0.15) is 0 Å². The molecule has 70 heavy (non-hydrogen) atoms. The summed E-state index contributed by atoms with van der Waals surface area (Å²) in [6, 6.07) is 0. The molecule has 0 aromatic heterocycles. The van der Waals surface area contributed by atoms with Gasteiger partial charge >= 0.3 is 5.97 Å². The Morgan fingerprint density at radius 2 is 0.829 bits per heavy atom. The van der Waals surface area contributed by atoms with E-state index in [1.807, 2.05) is 0 Å². The highest BCUT2D eigenvalue weighted by atomic mass is 16.7. The number of hydrogen-bond donors (Lipinski definition) is 4. The third-order valence-electron chi connectivity index (χ3n) is 14.0. The number of allylic oxidation sites excluding steroid dienone is 6. The molecule has 1 aliphatic rings. The smallest absolute Gasteiger partial charge is 0.306 e. The maximum absolute atomic E-state index is 12.9. The summed E-state index contributed by atoms with van der Waals surface area (Å²) in [6.07, 6.45) is 59.1. The van der Waals surface area contributed by atoms with Crippen molar-refractivity contribution >= 4 is 5.97 Å². The van der Waals surface area contributed by atoms with Crippen LogP contribution in [-0.4, -0.2) is 89.6 Å². The number of aliphatic hydroxyl groups excluding tert-OH is 4. The molecule has 6 atom stereocenters. The fourth-order valence-electron chi connectivity index (χ4n) is 9.34. The molecule has 0 aromatic carbocycles. The third-order valence-corrected chi connectivity index (χ3v) is 14.0. The summed E-state index contributed by atoms with van der Waals surface area (Å²) in [5, 5.41) is 40.4. The SMILES string of the molecule is CCCCCCC/C=C\C/C=C\CCCCCCCCCCCCCC(=O)OC(COCCCCCCCCCCCCCC/C=C\CCCCCCCCCC)COC1OC(CO)C(O)C(O)C1O. The molecule has 9 heteroatoms. The topological polar surface area (TPSA) is 135 Å². The van der Waals surface area contributed by atoms with Gasteiger partial charge in [0.15, 0.2) is 6.29 Å². The van der Waals surface area contributed by atoms with Crippen LogP contribution in [0.25, 0.3) is 0 Å². The molecule has 1 aliphatic heterocycles. The summed E-state index contributed by atoms with van der Waals surface area (Å²) in [5.41, 5.74) is 0. The largest absolute Gasteiger partial charge is 0.457 e. The molecule has 412 valence electrons. The Kier molecular flexibility index (Phi) is 49.6. The average molecular weight is 992 g/mol. The first-order valence-electron chi connectivity index (χ1n) is 30.1. The Morgan fingerprint density at radius 3 is 1.24 bits per heavy atom. The van der Waals surface area contributed by atoms with Crippen molar-refractivity contribution in [2.24, 2.45) is 0 Å². The van der Waals surface area contributed by atoms with E-state index in [0.717, 1.165) is 38.5 Å². The first kappa shape index (κ1) is 66.4. The lowest BCUT2D eigenvalue weighted by molar-refractivity contribution is -0.305. The highest BCUT2D eigenvalue weighted by Crippen LogP contribution is 2.23. The Bertz CT molecular complexity index is 1170. The van der Waals surface area contributed by atoms with Crippen molar-refractivity contribution in [1.82, 2.24) is 0 Å². The fourth-order valence-corrected chi connectivity index (χ4v) is 9.34. The van der Waals surface area contributed by atoms with Gasteiger partial charge in [-0.1, -0.05) is 243 Å². The number of aliphatic hydroxyl groups is 4. The zero-order valence-electron chi connectivity index (χ0n) is 45.8. The van der Waals surface area contributed by atoms with Crippen molar-refractivity contribution in [2.45, 2.75) is 320 Å². The van der Waals surface area contributed by atoms with E-state index >= 15 is 0 Å². The van der Waals surface area contributed by atoms with Gasteiger partial charge in [0.2, 0.25) is 0 Å². The molecule has 9 nitrogen and oxygen atoms in total. The summed E-state index contributed by atoms with van der Waals surface area (Å²) in [5.74, 6) is -0.311. The van der Waals surface area contributed by atoms with Crippen molar-refractivity contribution in [3.8, 4) is 0 Å². The summed E-state index contributed by atoms with van der Waals surface area (Å²) >= 11 is 0. The van der Waals surface area contributed by atoms with E-state index < -0.39 is 43.4 Å². The molecule has 0 bridgehead atoms. The Morgan fingerprint density at radius 1 is 0.457 bits per heavy atom. The van der Waals surface area contributed by atoms with Gasteiger partial charge in [0, 0.05) is 13.0 Å². The monoisotopic (exact) mass is 991 g/mol. The zero-order valence-corrected chi connectivity index (χ0v) is 45.8. The van der Waals surface area contributed by atoms with Crippen LogP contribution in [0.15, 0.2) is 36.5 Å². The predicted molar refractivity (Wildman–Crippen MR) is 293 cm³/mol. The number of ether oxygens (including phenoxy) is 4. The molecule has 0 saturated carbocycles. The van der Waals surface area contributed by atoms with E-state index in [0.29, 0.717) is 13.0 Å². The van der Waals surface area contributed by atoms with E-state index in [2.05, 4.69) is 50.3 Å². The number of rotatable bonds is 53. The summed E-state index contributed by atoms with van der Waals surface area (Å²) in [7, 11) is 0. The average Bonchev–Trinajstić information content (AvgIpc) is 3.36. The maximum Gasteiger partial charge on any atom is 0.306 e. The van der Waals surface area contributed by atoms with E-state index in [1.54, 1.807) is 0 Å². The molecule has 1 fully saturated rings. The molecule has 0 radical (unpaired) electrons. The lowest BCUT2D eigenvalue weighted by Crippen LogP contribution is -2.59. The molecular formula is C61H114O9. The maximum atomic E-state index is 12.9. The second kappa shape index (κ2) is 52.3. The quantitative estimate of drug-likeness (QED) is 0.0267. The van der Waals surface area contributed by atoms with Gasteiger partial charge in [0.1, 0.15) is 30.5 Å². The van der Waals surface area contributed by atoms with Crippen molar-refractivity contribution in [3.63, 3.8) is 0 Å². The molecule has 0 spiro atoms. The van der Waals surface area contributed by atoms with E-state index in [1.165, 1.54) is 225 Å². The van der Waals surface area contributed by atoms with Crippen molar-refractivity contribution in [1.29, 1.82) is 0 Å². The summed E-state index contributed by atoms with van der Waals surface area (Å²) in [4.78, 5) is 12.9. The van der Waals surface area contributed by atoms with Crippen LogP contribution in [0, 0.1) is 0 Å². The van der Waals surface area contributed by atoms with Crippen LogP contribution in [0.2, 0.25) is 0 Å². The van der Waals surface area contributed by atoms with Gasteiger partial charge in [-0.25, -0.2) is 0 Å². The molecule has 6 unspecified atom stereocenters. The third kappa shape index (κ3) is 41.8. The predicted octanol–water partition coefficient (Wildman–Crippen LogP) is 15.8. The Balaban J connectivity index is 2.13. The highest BCUT2D eigenvalue weighted by molar-refractivity contribution is 5.69. The highest BCUT2D eigenvalue weighted by Gasteiger charge is 2.44. The van der Waals surface area contributed by atoms with E-state index in [4.69, 9.17) is 18.9 Å². The second-order valence-electron chi connectivity index (χ2n) is 20.8. The fraction of sp³-hybridized carbons (Fsp3) is 0.885. The van der Waals surface area contributed by atoms with Gasteiger partial charge in [-0.15, -0.1) is 0 Å². The summed E-state index contributed by atoms with van der Waals surface area (Å²) in [6.45, 7) is 4.60. The van der Waals surface area contributed by atoms with Crippen LogP contribution < -0.4 is 0 Å². The molecule has 1 heterocycles. The Labute approximate surface area is 431 Å². The van der Waals surface area contributed by atoms with Gasteiger partial charge < -0.3 is 39.4 Å². The normalized spacial score (nSPS) is 19.1. The molecule has 4 N–H and O–H groups in total. The number of esters is 1. The van der Waals surface area contributed by atoms with E-state index in [9.17, 15) is 25.2 Å². The van der Waals surface area contributed by atoms with Gasteiger partial charge in [-0.3, -0.25) is 4.79 Å². The standard InChI is InChI=1S/C61H114O9/c1-3-5-7-9-11-13-15-17-19-21-23-25-27-29-31-33-35-37-39-41-43-45-47-49-51-67-53-55(54-68-61-60(66)59(65)58(64)56(52-62)70-61)69-57(63)50-48-46-44-42-40-38-36-34-32-30-28-26-24-22-20-18-16-14-12-10-8-6-4-2/h16,18,21-24,55-56,58-62,64-66H,3-15,17,19-20,25-54H2,1-2H3/b18-16-,23-21-,24-22-. The number of hydrogen-bond acceptors (Lipinski definition) is 9. The molecule has 0 amide bonds. The van der Waals surface area contributed by atoms with Crippen molar-refractivity contribution < 1.29 is 44.2 Å². The minimum Gasteiger partial charge on any atom is -0.457 e. The molecular weight excluding hydrogens is 877 g/mol. The summed E-state index contributed by atoms with van der Waals surface area (Å²) < 4.78 is 23.0. The minimum atomic E-state index is -1.54. The Hall–Kier alpha value is -1.59. The molecule has 0 aliphatic carbocycles. The van der Waals surface area contributed by atoms with Crippen LogP contribution in [0.3, 0.4) is 0 Å². The first-order chi connectivity index (χ1) is 34.4. The molecule has 1 rings (SSSR count). The molecule has 0 aromatic rings. The van der Waals surface area contributed by atoms with Crippen molar-refractivity contribution in [3.05, 3.63) is 36.5 Å². The minimum absolute atomic E-state index is 0.112. The van der Waals surface area contributed by atoms with E-state index in [-0.39, 0.29) is 19.2 Å². The lowest BCUT2D eigenvalue weighted by atomic mass is 9.99. The van der Waals surface area contributed by atoms with Gasteiger partial charge in [0.05, 0.1) is 19.8 Å². The first-order valence-corrected chi connectivity index (χ1v) is 30.1. The lowest BCUT2D eigenvalue weighted by Gasteiger charge is -2.39. The van der Waals surface area contributed by atoms with Crippen LogP contribution in [0.5, 0.6) is 0 Å². The molecule has 1 saturated heterocycles. The van der Waals surface area contributed by atoms with Crippen LogP contribution in [-0.2, 0) is 23.7 Å². The number of unbranched alkanes of at least 4 members (excludes halogenated alkanes) is 36. The van der Waals surface area contributed by atoms with Gasteiger partial charge in [0.25, 0.3) is 0 Å².